The lowest BCUT2D eigenvalue weighted by molar-refractivity contribution is -0.689. The van der Waals surface area contributed by atoms with E-state index < -0.39 is 6.04 Å². The maximum atomic E-state index is 13.7. The smallest absolute Gasteiger partial charge is 0.379 e. The first-order valence-electron chi connectivity index (χ1n) is 12.0. The first kappa shape index (κ1) is 22.7. The SMILES string of the molecule is Cc1cccc(CN2C(=O)C3C(=Nc4n3c(C)c(C)[n+]4CCCN3CCOCC3)N(C)C2=O)c1. The number of nitrogens with zero attached hydrogens (tertiary/aromatic N) is 6. The first-order valence-corrected chi connectivity index (χ1v) is 12.0. The number of urea groups is 1. The topological polar surface area (TPSA) is 74.3 Å². The Labute approximate surface area is 200 Å². The highest BCUT2D eigenvalue weighted by molar-refractivity contribution is 6.20. The molecule has 1 aromatic carbocycles. The van der Waals surface area contributed by atoms with Crippen molar-refractivity contribution in [2.45, 2.75) is 46.3 Å². The number of imidazole rings is 1. The number of benzene rings is 1. The number of imide groups is 1. The Kier molecular flexibility index (Phi) is 5.99. The molecule has 3 aliphatic rings. The Morgan fingerprint density at radius 1 is 1.15 bits per heavy atom. The van der Waals surface area contributed by atoms with Crippen molar-refractivity contribution in [3.8, 4) is 0 Å². The molecule has 2 fully saturated rings. The highest BCUT2D eigenvalue weighted by Crippen LogP contribution is 2.35. The van der Waals surface area contributed by atoms with Gasteiger partial charge in [-0.2, -0.15) is 0 Å². The molecule has 0 saturated carbocycles. The van der Waals surface area contributed by atoms with Crippen LogP contribution in [0.3, 0.4) is 0 Å². The maximum absolute atomic E-state index is 13.7. The van der Waals surface area contributed by atoms with E-state index in [1.54, 1.807) is 7.05 Å². The number of fused-ring (bicyclic) bond motifs is 3. The first-order chi connectivity index (χ1) is 16.4. The third-order valence-corrected chi connectivity index (χ3v) is 7.21. The summed E-state index contributed by atoms with van der Waals surface area (Å²) in [5.41, 5.74) is 4.16. The van der Waals surface area contributed by atoms with Gasteiger partial charge in [0.15, 0.2) is 0 Å². The molecule has 34 heavy (non-hydrogen) atoms. The van der Waals surface area contributed by atoms with E-state index in [4.69, 9.17) is 9.73 Å². The fraction of sp³-hybridized carbons (Fsp3) is 0.520. The van der Waals surface area contributed by atoms with Gasteiger partial charge in [0.25, 0.3) is 5.91 Å². The number of aryl methyl sites for hydroxylation is 1. The standard InChI is InChI=1S/C25H33N6O3/c1-17-7-5-8-20(15-17)16-30-23(32)21-22(27(4)25(30)33)26-24-29(18(2)19(3)31(21)24)10-6-9-28-11-13-34-14-12-28/h5,7-8,15,21H,6,9-14,16H2,1-4H3/q+1. The van der Waals surface area contributed by atoms with E-state index in [1.165, 1.54) is 9.80 Å². The normalized spacial score (nSPS) is 20.6. The molecule has 0 aliphatic carbocycles. The summed E-state index contributed by atoms with van der Waals surface area (Å²) in [5.74, 6) is 1.04. The van der Waals surface area contributed by atoms with Gasteiger partial charge in [0.1, 0.15) is 11.4 Å². The minimum atomic E-state index is -0.610. The molecular weight excluding hydrogens is 432 g/mol. The zero-order chi connectivity index (χ0) is 24.0. The molecule has 180 valence electrons. The van der Waals surface area contributed by atoms with Gasteiger partial charge in [-0.3, -0.25) is 19.5 Å². The second-order valence-electron chi connectivity index (χ2n) is 9.43. The molecule has 9 nitrogen and oxygen atoms in total. The van der Waals surface area contributed by atoms with Gasteiger partial charge in [0, 0.05) is 26.7 Å². The van der Waals surface area contributed by atoms with E-state index in [0.717, 1.165) is 74.3 Å². The third-order valence-electron chi connectivity index (χ3n) is 7.21. The van der Waals surface area contributed by atoms with Crippen molar-refractivity contribution in [1.82, 2.24) is 19.3 Å². The molecule has 9 heteroatoms. The fourth-order valence-corrected chi connectivity index (χ4v) is 5.19. The lowest BCUT2D eigenvalue weighted by Gasteiger charge is -2.33. The largest absolute Gasteiger partial charge is 0.402 e. The van der Waals surface area contributed by atoms with Crippen LogP contribution in [0.25, 0.3) is 0 Å². The molecule has 1 atom stereocenters. The number of morpholine rings is 1. The number of ether oxygens (including phenoxy) is 1. The number of aliphatic imine (C=N–C) groups is 1. The fourth-order valence-electron chi connectivity index (χ4n) is 5.19. The van der Waals surface area contributed by atoms with Crippen LogP contribution >= 0.6 is 0 Å². The third kappa shape index (κ3) is 3.82. The quantitative estimate of drug-likeness (QED) is 0.613. The molecule has 0 radical (unpaired) electrons. The minimum absolute atomic E-state index is 0.222. The van der Waals surface area contributed by atoms with E-state index in [0.29, 0.717) is 5.84 Å². The molecule has 0 bridgehead atoms. The van der Waals surface area contributed by atoms with Crippen LogP contribution in [0.1, 0.15) is 35.0 Å². The van der Waals surface area contributed by atoms with Gasteiger partial charge in [-0.25, -0.2) is 13.9 Å². The van der Waals surface area contributed by atoms with Gasteiger partial charge in [-0.1, -0.05) is 34.8 Å². The highest BCUT2D eigenvalue weighted by atomic mass is 16.5. The Morgan fingerprint density at radius 3 is 2.65 bits per heavy atom. The summed E-state index contributed by atoms with van der Waals surface area (Å²) in [6.45, 7) is 11.7. The summed E-state index contributed by atoms with van der Waals surface area (Å²) in [7, 11) is 1.71. The molecule has 1 unspecified atom stereocenters. The van der Waals surface area contributed by atoms with Crippen LogP contribution in [-0.2, 0) is 22.6 Å². The molecule has 5 rings (SSSR count). The number of hydrogen-bond donors (Lipinski definition) is 0. The molecule has 2 saturated heterocycles. The Hall–Kier alpha value is -3.04. The molecule has 4 heterocycles. The number of amidine groups is 1. The van der Waals surface area contributed by atoms with Crippen molar-refractivity contribution in [3.05, 3.63) is 46.8 Å². The van der Waals surface area contributed by atoms with Gasteiger partial charge in [0.2, 0.25) is 11.9 Å². The van der Waals surface area contributed by atoms with Gasteiger partial charge < -0.3 is 4.74 Å². The van der Waals surface area contributed by atoms with E-state index in [9.17, 15) is 9.59 Å². The number of carbonyl (C=O) groups is 2. The van der Waals surface area contributed by atoms with E-state index in [-0.39, 0.29) is 18.5 Å². The van der Waals surface area contributed by atoms with Crippen molar-refractivity contribution >= 4 is 23.7 Å². The second kappa shape index (κ2) is 8.96. The van der Waals surface area contributed by atoms with Crippen molar-refractivity contribution in [1.29, 1.82) is 0 Å². The van der Waals surface area contributed by atoms with Crippen molar-refractivity contribution in [2.24, 2.45) is 4.99 Å². The molecule has 2 aromatic rings. The molecule has 3 amide bonds. The molecule has 3 aliphatic heterocycles. The lowest BCUT2D eigenvalue weighted by Crippen LogP contribution is -2.57. The zero-order valence-electron chi connectivity index (χ0n) is 20.5. The van der Waals surface area contributed by atoms with Crippen molar-refractivity contribution in [2.75, 3.05) is 39.9 Å². The van der Waals surface area contributed by atoms with Crippen LogP contribution in [0.2, 0.25) is 0 Å². The van der Waals surface area contributed by atoms with Crippen LogP contribution in [0.15, 0.2) is 29.3 Å². The molecule has 0 N–H and O–H groups in total. The Morgan fingerprint density at radius 2 is 1.91 bits per heavy atom. The maximum Gasteiger partial charge on any atom is 0.402 e. The number of aromatic nitrogens is 2. The zero-order valence-corrected chi connectivity index (χ0v) is 20.5. The minimum Gasteiger partial charge on any atom is -0.379 e. The van der Waals surface area contributed by atoms with Crippen molar-refractivity contribution < 1.29 is 18.9 Å². The average Bonchev–Trinajstić information content (AvgIpc) is 3.33. The van der Waals surface area contributed by atoms with E-state index in [2.05, 4.69) is 16.4 Å². The van der Waals surface area contributed by atoms with E-state index in [1.807, 2.05) is 42.7 Å². The number of hydrogen-bond acceptors (Lipinski definition) is 5. The van der Waals surface area contributed by atoms with Gasteiger partial charge in [0.05, 0.1) is 26.3 Å². The van der Waals surface area contributed by atoms with Crippen LogP contribution in [0, 0.1) is 20.8 Å². The van der Waals surface area contributed by atoms with Crippen LogP contribution in [0.4, 0.5) is 10.7 Å². The predicted octanol–water partition coefficient (Wildman–Crippen LogP) is 2.10. The summed E-state index contributed by atoms with van der Waals surface area (Å²) in [5, 5.41) is 0. The summed E-state index contributed by atoms with van der Waals surface area (Å²) in [4.78, 5) is 36.9. The number of amides is 3. The Balaban J connectivity index is 1.41. The highest BCUT2D eigenvalue weighted by Gasteiger charge is 2.54. The summed E-state index contributed by atoms with van der Waals surface area (Å²) in [6, 6.07) is 6.98. The average molecular weight is 466 g/mol. The van der Waals surface area contributed by atoms with Crippen molar-refractivity contribution in [3.63, 3.8) is 0 Å². The van der Waals surface area contributed by atoms with Gasteiger partial charge >= 0.3 is 12.0 Å². The predicted molar refractivity (Wildman–Crippen MR) is 127 cm³/mol. The van der Waals surface area contributed by atoms with Crippen LogP contribution < -0.4 is 4.57 Å². The molecule has 0 spiro atoms. The van der Waals surface area contributed by atoms with Crippen LogP contribution in [-0.4, -0.2) is 76.9 Å². The van der Waals surface area contributed by atoms with E-state index >= 15 is 0 Å². The summed E-state index contributed by atoms with van der Waals surface area (Å²) in [6.07, 6.45) is 0.986. The monoisotopic (exact) mass is 465 g/mol. The lowest BCUT2D eigenvalue weighted by atomic mass is 10.1. The second-order valence-corrected chi connectivity index (χ2v) is 9.43. The number of carbonyl (C=O) groups excluding carboxylic acids is 2. The summed E-state index contributed by atoms with van der Waals surface area (Å²) < 4.78 is 9.65. The van der Waals surface area contributed by atoms with Gasteiger partial charge in [-0.15, -0.1) is 0 Å². The molecular formula is C25H33N6O3+. The van der Waals surface area contributed by atoms with Gasteiger partial charge in [-0.05, 0) is 32.8 Å². The number of likely N-dealkylation sites (N-methyl/N-ethyl adjacent to an activating group) is 1. The Bertz CT molecular complexity index is 1160. The summed E-state index contributed by atoms with van der Waals surface area (Å²) >= 11 is 0. The molecule has 1 aromatic heterocycles. The number of rotatable bonds is 6. The van der Waals surface area contributed by atoms with Crippen LogP contribution in [0.5, 0.6) is 0 Å².